The first-order valence-corrected chi connectivity index (χ1v) is 4.92. The first-order valence-electron chi connectivity index (χ1n) is 4.92. The van der Waals surface area contributed by atoms with Crippen molar-refractivity contribution in [3.63, 3.8) is 0 Å². The van der Waals surface area contributed by atoms with Crippen LogP contribution in [0, 0.1) is 0 Å². The van der Waals surface area contributed by atoms with E-state index in [0.29, 0.717) is 0 Å². The van der Waals surface area contributed by atoms with E-state index in [2.05, 4.69) is 37.5 Å². The fourth-order valence-electron chi connectivity index (χ4n) is 0.941. The molecule has 0 spiro atoms. The topological polar surface area (TPSA) is 0 Å². The Bertz CT molecular complexity index is 212. The van der Waals surface area contributed by atoms with Crippen molar-refractivity contribution >= 4 is 0 Å². The Hall–Kier alpha value is -1.00. The second-order valence-corrected chi connectivity index (χ2v) is 3.22. The van der Waals surface area contributed by atoms with Gasteiger partial charge in [-0.1, -0.05) is 24.3 Å². The van der Waals surface area contributed by atoms with E-state index in [1.54, 1.807) is 0 Å². The highest BCUT2D eigenvalue weighted by Crippen LogP contribution is 2.01. The molecule has 0 aliphatic heterocycles. The lowest BCUT2D eigenvalue weighted by molar-refractivity contribution is 0.866. The first-order chi connectivity index (χ1) is 6.27. The summed E-state index contributed by atoms with van der Waals surface area (Å²) in [5.41, 5.74) is 4.30. The summed E-state index contributed by atoms with van der Waals surface area (Å²) >= 11 is 0. The van der Waals surface area contributed by atoms with E-state index in [1.165, 1.54) is 12.0 Å². The second-order valence-electron chi connectivity index (χ2n) is 3.22. The molecule has 0 heterocycles. The van der Waals surface area contributed by atoms with Crippen LogP contribution in [0.1, 0.15) is 39.5 Å². The predicted molar refractivity (Wildman–Crippen MR) is 60.7 cm³/mol. The standard InChI is InChI=1S/C13H20/c1-4-5-6-7-8-9-10-11-12-13(2)3/h4,6,10-11H,2,7-9,12H2,1,3H3. The monoisotopic (exact) mass is 176 g/mol. The van der Waals surface area contributed by atoms with E-state index in [0.717, 1.165) is 19.3 Å². The van der Waals surface area contributed by atoms with Gasteiger partial charge in [-0.25, -0.2) is 0 Å². The van der Waals surface area contributed by atoms with Crippen LogP contribution in [-0.2, 0) is 0 Å². The zero-order chi connectivity index (χ0) is 9.94. The molecule has 0 N–H and O–H groups in total. The third-order valence-corrected chi connectivity index (χ3v) is 1.64. The van der Waals surface area contributed by atoms with E-state index >= 15 is 0 Å². The molecule has 0 aromatic heterocycles. The maximum atomic E-state index is 3.84. The van der Waals surface area contributed by atoms with E-state index in [-0.39, 0.29) is 0 Å². The van der Waals surface area contributed by atoms with Gasteiger partial charge in [-0.15, -0.1) is 5.73 Å². The van der Waals surface area contributed by atoms with Crippen LogP contribution < -0.4 is 0 Å². The van der Waals surface area contributed by atoms with Gasteiger partial charge in [0.05, 0.1) is 0 Å². The highest BCUT2D eigenvalue weighted by atomic mass is 13.9. The Morgan fingerprint density at radius 2 is 2.08 bits per heavy atom. The van der Waals surface area contributed by atoms with Gasteiger partial charge in [0.2, 0.25) is 0 Å². The molecule has 0 fully saturated rings. The van der Waals surface area contributed by atoms with Crippen LogP contribution in [0.5, 0.6) is 0 Å². The maximum absolute atomic E-state index is 3.84. The number of unbranched alkanes of at least 4 members (excludes halogenated alkanes) is 2. The molecule has 0 aliphatic carbocycles. The largest absolute Gasteiger partial charge is 0.130 e. The van der Waals surface area contributed by atoms with Crippen LogP contribution in [-0.4, -0.2) is 0 Å². The molecule has 72 valence electrons. The van der Waals surface area contributed by atoms with Gasteiger partial charge in [-0.2, -0.15) is 0 Å². The summed E-state index contributed by atoms with van der Waals surface area (Å²) in [6, 6.07) is 0. The Morgan fingerprint density at radius 3 is 2.69 bits per heavy atom. The Morgan fingerprint density at radius 1 is 1.31 bits per heavy atom. The van der Waals surface area contributed by atoms with Crippen molar-refractivity contribution in [2.24, 2.45) is 0 Å². The quantitative estimate of drug-likeness (QED) is 0.319. The van der Waals surface area contributed by atoms with Gasteiger partial charge < -0.3 is 0 Å². The Labute approximate surface area is 82.4 Å². The van der Waals surface area contributed by atoms with E-state index in [1.807, 2.05) is 13.0 Å². The molecule has 0 unspecified atom stereocenters. The molecule has 0 heteroatoms. The Kier molecular flexibility index (Phi) is 8.39. The highest BCUT2D eigenvalue weighted by molar-refractivity contribution is 4.98. The lowest BCUT2D eigenvalue weighted by atomic mass is 10.2. The van der Waals surface area contributed by atoms with Crippen molar-refractivity contribution in [2.75, 3.05) is 0 Å². The minimum atomic E-state index is 1.02. The van der Waals surface area contributed by atoms with Crippen LogP contribution >= 0.6 is 0 Å². The van der Waals surface area contributed by atoms with Crippen LogP contribution in [0.2, 0.25) is 0 Å². The van der Waals surface area contributed by atoms with E-state index in [4.69, 9.17) is 0 Å². The van der Waals surface area contributed by atoms with Gasteiger partial charge in [-0.05, 0) is 51.7 Å². The number of hydrogen-bond acceptors (Lipinski definition) is 0. The summed E-state index contributed by atoms with van der Waals surface area (Å²) in [6.07, 6.45) is 13.0. The molecule has 0 radical (unpaired) electrons. The third-order valence-electron chi connectivity index (χ3n) is 1.64. The molecular weight excluding hydrogens is 156 g/mol. The molecule has 0 atom stereocenters. The number of hydrogen-bond donors (Lipinski definition) is 0. The van der Waals surface area contributed by atoms with Crippen LogP contribution in [0.4, 0.5) is 0 Å². The molecular formula is C13H20. The predicted octanol–water partition coefficient (Wildman–Crippen LogP) is 4.41. The van der Waals surface area contributed by atoms with Gasteiger partial charge in [0.25, 0.3) is 0 Å². The first kappa shape index (κ1) is 12.0. The van der Waals surface area contributed by atoms with Gasteiger partial charge in [0.1, 0.15) is 0 Å². The zero-order valence-electron chi connectivity index (χ0n) is 8.84. The van der Waals surface area contributed by atoms with Gasteiger partial charge >= 0.3 is 0 Å². The van der Waals surface area contributed by atoms with Gasteiger partial charge in [0.15, 0.2) is 0 Å². The zero-order valence-corrected chi connectivity index (χ0v) is 8.84. The molecule has 0 aromatic carbocycles. The minimum absolute atomic E-state index is 1.02. The van der Waals surface area contributed by atoms with Gasteiger partial charge in [0, 0.05) is 0 Å². The third kappa shape index (κ3) is 11.0. The molecule has 0 saturated carbocycles. The van der Waals surface area contributed by atoms with Crippen molar-refractivity contribution in [2.45, 2.75) is 39.5 Å². The summed E-state index contributed by atoms with van der Waals surface area (Å²) in [5.74, 6) is 0. The molecule has 0 aliphatic rings. The Balaban J connectivity index is 3.30. The van der Waals surface area contributed by atoms with Crippen molar-refractivity contribution < 1.29 is 0 Å². The highest BCUT2D eigenvalue weighted by Gasteiger charge is 1.81. The molecule has 0 nitrogen and oxygen atoms in total. The van der Waals surface area contributed by atoms with Crippen molar-refractivity contribution in [3.05, 3.63) is 42.2 Å². The summed E-state index contributed by atoms with van der Waals surface area (Å²) in [6.45, 7) is 7.89. The molecule has 0 rings (SSSR count). The average molecular weight is 176 g/mol. The van der Waals surface area contributed by atoms with Crippen LogP contribution in [0.25, 0.3) is 0 Å². The number of allylic oxidation sites excluding steroid dienone is 4. The fraction of sp³-hybridized carbons (Fsp3) is 0.462. The lowest BCUT2D eigenvalue weighted by Gasteiger charge is -1.90. The molecule has 0 saturated heterocycles. The van der Waals surface area contributed by atoms with Crippen LogP contribution in [0.15, 0.2) is 42.2 Å². The normalized spacial score (nSPS) is 9.69. The maximum Gasteiger partial charge on any atom is -0.0144 e. The van der Waals surface area contributed by atoms with Crippen molar-refractivity contribution in [1.82, 2.24) is 0 Å². The summed E-state index contributed by atoms with van der Waals surface area (Å²) < 4.78 is 0. The molecule has 13 heavy (non-hydrogen) atoms. The molecule has 0 aromatic rings. The number of rotatable bonds is 6. The van der Waals surface area contributed by atoms with E-state index in [9.17, 15) is 0 Å². The lowest BCUT2D eigenvalue weighted by Crippen LogP contribution is -1.70. The summed E-state index contributed by atoms with van der Waals surface area (Å²) in [4.78, 5) is 0. The summed E-state index contributed by atoms with van der Waals surface area (Å²) in [7, 11) is 0. The minimum Gasteiger partial charge on any atom is -0.130 e. The average Bonchev–Trinajstić information content (AvgIpc) is 2.09. The van der Waals surface area contributed by atoms with Crippen LogP contribution in [0.3, 0.4) is 0 Å². The van der Waals surface area contributed by atoms with Crippen molar-refractivity contribution in [1.29, 1.82) is 0 Å². The fourth-order valence-corrected chi connectivity index (χ4v) is 0.941. The van der Waals surface area contributed by atoms with E-state index < -0.39 is 0 Å². The summed E-state index contributed by atoms with van der Waals surface area (Å²) in [5, 5.41) is 0. The second kappa shape index (κ2) is 9.09. The van der Waals surface area contributed by atoms with Crippen molar-refractivity contribution in [3.8, 4) is 0 Å². The molecule has 0 amide bonds. The van der Waals surface area contributed by atoms with Gasteiger partial charge in [-0.3, -0.25) is 0 Å². The molecule has 0 bridgehead atoms. The SMILES string of the molecule is C=C(C)CC=CCCCC=C=CC. The smallest absolute Gasteiger partial charge is 0.0144 e.